The van der Waals surface area contributed by atoms with Crippen molar-refractivity contribution in [2.45, 2.75) is 12.5 Å². The highest BCUT2D eigenvalue weighted by Gasteiger charge is 2.35. The minimum atomic E-state index is -3.21. The highest BCUT2D eigenvalue weighted by Crippen LogP contribution is 2.24. The van der Waals surface area contributed by atoms with Gasteiger partial charge in [-0.25, -0.2) is 17.6 Å². The van der Waals surface area contributed by atoms with Gasteiger partial charge in [0.25, 0.3) is 5.91 Å². The van der Waals surface area contributed by atoms with Crippen LogP contribution in [0.25, 0.3) is 6.08 Å². The van der Waals surface area contributed by atoms with E-state index in [1.807, 2.05) is 0 Å². The lowest BCUT2D eigenvalue weighted by molar-refractivity contribution is -0.143. The Kier molecular flexibility index (Phi) is 7.04. The SMILES string of the molecule is O=C(/C=C/c1cc(Br)ccc1F)OCC(=O)N(c1ccccc1)C1CCS(=O)(=O)C1. The smallest absolute Gasteiger partial charge is 0.331 e. The van der Waals surface area contributed by atoms with Crippen LogP contribution in [-0.2, 0) is 24.2 Å². The summed E-state index contributed by atoms with van der Waals surface area (Å²) in [6.45, 7) is -0.560. The van der Waals surface area contributed by atoms with Crippen LogP contribution in [0.3, 0.4) is 0 Å². The van der Waals surface area contributed by atoms with Crippen LogP contribution in [0, 0.1) is 5.82 Å². The molecule has 2 aromatic rings. The standard InChI is InChI=1S/C21H19BrFNO5S/c22-16-7-8-19(23)15(12-16)6-9-21(26)29-13-20(25)24(17-4-2-1-3-5-17)18-10-11-30(27,28)14-18/h1-9,12,18H,10-11,13-14H2/b9-6+. The first-order chi connectivity index (χ1) is 14.2. The van der Waals surface area contributed by atoms with Gasteiger partial charge in [0.1, 0.15) is 5.82 Å². The van der Waals surface area contributed by atoms with E-state index in [1.165, 1.54) is 29.2 Å². The largest absolute Gasteiger partial charge is 0.452 e. The van der Waals surface area contributed by atoms with Crippen molar-refractivity contribution >= 4 is 49.4 Å². The molecule has 9 heteroatoms. The van der Waals surface area contributed by atoms with E-state index in [0.29, 0.717) is 16.6 Å². The average Bonchev–Trinajstić information content (AvgIpc) is 3.07. The van der Waals surface area contributed by atoms with Crippen LogP contribution in [0.1, 0.15) is 12.0 Å². The third kappa shape index (κ3) is 5.76. The van der Waals surface area contributed by atoms with Gasteiger partial charge in [0.05, 0.1) is 17.5 Å². The van der Waals surface area contributed by atoms with Crippen molar-refractivity contribution < 1.29 is 27.1 Å². The molecule has 1 aliphatic rings. The fourth-order valence-electron chi connectivity index (χ4n) is 3.18. The maximum absolute atomic E-state index is 13.7. The number of hydrogen-bond donors (Lipinski definition) is 0. The van der Waals surface area contributed by atoms with Crippen molar-refractivity contribution in [1.82, 2.24) is 0 Å². The molecule has 6 nitrogen and oxygen atoms in total. The summed E-state index contributed by atoms with van der Waals surface area (Å²) in [7, 11) is -3.21. The summed E-state index contributed by atoms with van der Waals surface area (Å²) in [6, 6.07) is 12.4. The third-order valence-corrected chi connectivity index (χ3v) is 6.82. The number of para-hydroxylation sites is 1. The van der Waals surface area contributed by atoms with E-state index in [9.17, 15) is 22.4 Å². The predicted molar refractivity (Wildman–Crippen MR) is 115 cm³/mol. The Morgan fingerprint density at radius 2 is 1.93 bits per heavy atom. The molecule has 0 N–H and O–H groups in total. The summed E-state index contributed by atoms with van der Waals surface area (Å²) in [6.07, 6.45) is 2.61. The number of anilines is 1. The number of benzene rings is 2. The van der Waals surface area contributed by atoms with Crippen molar-refractivity contribution in [2.75, 3.05) is 23.0 Å². The summed E-state index contributed by atoms with van der Waals surface area (Å²) in [5.41, 5.74) is 0.724. The zero-order chi connectivity index (χ0) is 21.7. The van der Waals surface area contributed by atoms with Crippen LogP contribution in [0.2, 0.25) is 0 Å². The van der Waals surface area contributed by atoms with Gasteiger partial charge in [-0.2, -0.15) is 0 Å². The second-order valence-electron chi connectivity index (χ2n) is 6.76. The molecule has 1 aliphatic heterocycles. The first-order valence-electron chi connectivity index (χ1n) is 9.12. The second kappa shape index (κ2) is 9.53. The van der Waals surface area contributed by atoms with Crippen molar-refractivity contribution in [3.8, 4) is 0 Å². The van der Waals surface area contributed by atoms with Crippen molar-refractivity contribution in [2.24, 2.45) is 0 Å². The molecular weight excluding hydrogens is 477 g/mol. The predicted octanol–water partition coefficient (Wildman–Crippen LogP) is 3.36. The van der Waals surface area contributed by atoms with E-state index in [2.05, 4.69) is 15.9 Å². The molecule has 1 heterocycles. The molecule has 158 valence electrons. The van der Waals surface area contributed by atoms with Crippen LogP contribution in [0.5, 0.6) is 0 Å². The molecule has 1 fully saturated rings. The number of carbonyl (C=O) groups excluding carboxylic acids is 2. The molecule has 1 amide bonds. The van der Waals surface area contributed by atoms with Gasteiger partial charge in [0.2, 0.25) is 0 Å². The number of carbonyl (C=O) groups is 2. The molecule has 0 bridgehead atoms. The van der Waals surface area contributed by atoms with Gasteiger partial charge < -0.3 is 9.64 Å². The van der Waals surface area contributed by atoms with Crippen molar-refractivity contribution in [3.05, 3.63) is 70.5 Å². The fraction of sp³-hybridized carbons (Fsp3) is 0.238. The molecule has 0 aromatic heterocycles. The summed E-state index contributed by atoms with van der Waals surface area (Å²) >= 11 is 3.22. The Morgan fingerprint density at radius 3 is 2.60 bits per heavy atom. The molecular formula is C21H19BrFNO5S. The maximum atomic E-state index is 13.7. The fourth-order valence-corrected chi connectivity index (χ4v) is 5.26. The molecule has 30 heavy (non-hydrogen) atoms. The van der Waals surface area contributed by atoms with Gasteiger partial charge >= 0.3 is 5.97 Å². The quantitative estimate of drug-likeness (QED) is 0.453. The van der Waals surface area contributed by atoms with Crippen LogP contribution < -0.4 is 4.90 Å². The normalized spacial score (nSPS) is 17.7. The summed E-state index contributed by atoms with van der Waals surface area (Å²) in [5, 5.41) is 0. The Hall–Kier alpha value is -2.52. The summed E-state index contributed by atoms with van der Waals surface area (Å²) < 4.78 is 43.1. The molecule has 2 aromatic carbocycles. The number of sulfone groups is 1. The van der Waals surface area contributed by atoms with Crippen molar-refractivity contribution in [3.63, 3.8) is 0 Å². The number of hydrogen-bond acceptors (Lipinski definition) is 5. The molecule has 1 saturated heterocycles. The molecule has 0 saturated carbocycles. The Bertz CT molecular complexity index is 1070. The van der Waals surface area contributed by atoms with Gasteiger partial charge in [0, 0.05) is 21.8 Å². The second-order valence-corrected chi connectivity index (χ2v) is 9.91. The van der Waals surface area contributed by atoms with E-state index in [0.717, 1.165) is 6.08 Å². The summed E-state index contributed by atoms with van der Waals surface area (Å²) in [5.74, 6) is -1.97. The van der Waals surface area contributed by atoms with E-state index >= 15 is 0 Å². The number of ether oxygens (including phenoxy) is 1. The van der Waals surface area contributed by atoms with Crippen LogP contribution in [0.4, 0.5) is 10.1 Å². The van der Waals surface area contributed by atoms with Crippen molar-refractivity contribution in [1.29, 1.82) is 0 Å². The van der Waals surface area contributed by atoms with Crippen LogP contribution in [-0.4, -0.2) is 44.4 Å². The molecule has 0 spiro atoms. The highest BCUT2D eigenvalue weighted by molar-refractivity contribution is 9.10. The molecule has 1 unspecified atom stereocenters. The van der Waals surface area contributed by atoms with Gasteiger partial charge in [-0.15, -0.1) is 0 Å². The number of halogens is 2. The number of rotatable bonds is 6. The number of nitrogens with zero attached hydrogens (tertiary/aromatic N) is 1. The van der Waals surface area contributed by atoms with Gasteiger partial charge in [-0.05, 0) is 42.8 Å². The zero-order valence-corrected chi connectivity index (χ0v) is 18.2. The van der Waals surface area contributed by atoms with Crippen LogP contribution in [0.15, 0.2) is 59.1 Å². The molecule has 0 radical (unpaired) electrons. The third-order valence-electron chi connectivity index (χ3n) is 4.57. The molecule has 1 atom stereocenters. The lowest BCUT2D eigenvalue weighted by Gasteiger charge is -2.28. The number of amides is 1. The highest BCUT2D eigenvalue weighted by atomic mass is 79.9. The molecule has 0 aliphatic carbocycles. The zero-order valence-electron chi connectivity index (χ0n) is 15.8. The van der Waals surface area contributed by atoms with Gasteiger partial charge in [-0.3, -0.25) is 4.79 Å². The van der Waals surface area contributed by atoms with E-state index < -0.39 is 40.2 Å². The van der Waals surface area contributed by atoms with E-state index in [-0.39, 0.29) is 17.1 Å². The monoisotopic (exact) mass is 495 g/mol. The van der Waals surface area contributed by atoms with Gasteiger partial charge in [0.15, 0.2) is 16.4 Å². The van der Waals surface area contributed by atoms with Crippen LogP contribution >= 0.6 is 15.9 Å². The Morgan fingerprint density at radius 1 is 1.20 bits per heavy atom. The Labute approximate surface area is 182 Å². The minimum Gasteiger partial charge on any atom is -0.452 e. The maximum Gasteiger partial charge on any atom is 0.331 e. The number of esters is 1. The topological polar surface area (TPSA) is 80.8 Å². The van der Waals surface area contributed by atoms with E-state index in [4.69, 9.17) is 4.74 Å². The summed E-state index contributed by atoms with van der Waals surface area (Å²) in [4.78, 5) is 26.1. The lowest BCUT2D eigenvalue weighted by Crippen LogP contribution is -2.43. The average molecular weight is 496 g/mol. The molecule has 3 rings (SSSR count). The first kappa shape index (κ1) is 22.2. The van der Waals surface area contributed by atoms with E-state index in [1.54, 1.807) is 30.3 Å². The Balaban J connectivity index is 1.68. The minimum absolute atomic E-state index is 0.00893. The first-order valence-corrected chi connectivity index (χ1v) is 11.7. The van der Waals surface area contributed by atoms with Gasteiger partial charge in [-0.1, -0.05) is 34.1 Å². The lowest BCUT2D eigenvalue weighted by atomic mass is 10.2.